The molecule has 23 heteroatoms. The summed E-state index contributed by atoms with van der Waals surface area (Å²) in [6.07, 6.45) is 26.6. The van der Waals surface area contributed by atoms with Crippen molar-refractivity contribution in [3.63, 3.8) is 0 Å². The van der Waals surface area contributed by atoms with Crippen LogP contribution in [0.15, 0.2) is 0 Å². The molecule has 0 spiro atoms. The molecule has 18 atom stereocenters. The molecule has 3 aliphatic heterocycles. The minimum absolute atomic E-state index is 0.230. The summed E-state index contributed by atoms with van der Waals surface area (Å²) in [6.45, 7) is 2.27. The van der Waals surface area contributed by atoms with Gasteiger partial charge in [-0.3, -0.25) is 9.59 Å². The number of aliphatic hydroxyl groups excluding tert-OH is 11. The zero-order valence-corrected chi connectivity index (χ0v) is 60.9. The van der Waals surface area contributed by atoms with Gasteiger partial charge in [-0.1, -0.05) is 290 Å². The Kier molecular flexibility index (Phi) is 50.7. The molecular weight excluding hydrogens is 1260 g/mol. The number of carbonyl (C=O) groups is 3. The molecule has 0 aromatic heterocycles. The van der Waals surface area contributed by atoms with Crippen LogP contribution >= 0.6 is 0 Å². The number of nitrogens with one attached hydrogen (secondary N) is 2. The van der Waals surface area contributed by atoms with E-state index in [1.54, 1.807) is 0 Å². The molecule has 578 valence electrons. The number of amides is 2. The van der Waals surface area contributed by atoms with Gasteiger partial charge in [0.25, 0.3) is 5.79 Å². The van der Waals surface area contributed by atoms with Gasteiger partial charge >= 0.3 is 5.97 Å². The van der Waals surface area contributed by atoms with Crippen LogP contribution in [-0.4, -0.2) is 215 Å². The number of aliphatic carboxylic acids is 1. The number of carbonyl (C=O) groups excluding carboxylic acids is 2. The van der Waals surface area contributed by atoms with Crippen LogP contribution in [0.25, 0.3) is 0 Å². The van der Waals surface area contributed by atoms with Crippen molar-refractivity contribution in [3.05, 3.63) is 0 Å². The summed E-state index contributed by atoms with van der Waals surface area (Å²) in [7, 11) is 0. The van der Waals surface area contributed by atoms with Gasteiger partial charge < -0.3 is 100 Å². The number of unbranched alkanes of at least 4 members (excludes halogenated alkanes) is 42. The highest BCUT2D eigenvalue weighted by Gasteiger charge is 2.60. The number of hydrogen-bond donors (Lipinski definition) is 14. The smallest absolute Gasteiger partial charge is 0.364 e. The molecule has 3 heterocycles. The first kappa shape index (κ1) is 89.9. The minimum atomic E-state index is -3.08. The van der Waals surface area contributed by atoms with Gasteiger partial charge in [-0.2, -0.15) is 0 Å². The minimum Gasteiger partial charge on any atom is -0.477 e. The van der Waals surface area contributed by atoms with E-state index in [0.29, 0.717) is 19.3 Å². The van der Waals surface area contributed by atoms with Crippen molar-refractivity contribution in [1.82, 2.24) is 10.6 Å². The van der Waals surface area contributed by atoms with Gasteiger partial charge in [-0.15, -0.1) is 0 Å². The number of ether oxygens (including phenoxy) is 6. The maximum atomic E-state index is 13.5. The molecule has 3 fully saturated rings. The number of carboxylic acid groups (broad SMARTS) is 1. The van der Waals surface area contributed by atoms with Crippen LogP contribution in [0.1, 0.15) is 323 Å². The van der Waals surface area contributed by atoms with E-state index >= 15 is 0 Å². The van der Waals surface area contributed by atoms with Gasteiger partial charge in [0.05, 0.1) is 50.7 Å². The molecular formula is C75H142N2O21. The zero-order valence-electron chi connectivity index (χ0n) is 60.9. The number of aliphatic hydroxyl groups is 11. The predicted octanol–water partition coefficient (Wildman–Crippen LogP) is 9.63. The molecule has 0 bridgehead atoms. The Morgan fingerprint density at radius 2 is 0.888 bits per heavy atom. The monoisotopic (exact) mass is 1410 g/mol. The van der Waals surface area contributed by atoms with E-state index in [0.717, 1.165) is 51.9 Å². The first-order chi connectivity index (χ1) is 47.4. The Balaban J connectivity index is 1.53. The Morgan fingerprint density at radius 1 is 0.490 bits per heavy atom. The molecule has 0 saturated carbocycles. The summed E-state index contributed by atoms with van der Waals surface area (Å²) in [6, 6.07) is -2.53. The quantitative estimate of drug-likeness (QED) is 0.0252. The fourth-order valence-corrected chi connectivity index (χ4v) is 14.1. The lowest BCUT2D eigenvalue weighted by atomic mass is 9.88. The molecule has 2 amide bonds. The molecule has 0 aliphatic carbocycles. The standard InChI is InChI=1S/C75H142N2O21/c1-4-6-8-10-12-14-16-18-20-22-24-26-28-30-32-34-36-38-40-42-44-46-48-57(82)56(77-62(85)49-47-45-43-41-39-37-35-33-31-29-27-25-23-21-19-17-15-13-11-9-7-5-2)54-93-72-67(89)66(88)69(61(53-80)95-72)96-73-68(90)71(65(87)60(52-79)94-73)98-75(74(91)92)50-58(83)63(76-55(3)81)70(97-75)64(86)59(84)51-78/h56-61,63-73,78-80,82-84,86-90H,4-54H2,1-3H3,(H,76,81)(H,77,85)(H,91,92). The SMILES string of the molecule is CCCCCCCCCCCCCCCCCCCCCCCCC(=O)NC(COC1OC(CO)C(OC2OC(CO)C(O)C(OC3(C(=O)O)CC(O)C(NC(C)=O)C(C(O)C(O)CO)O3)C2O)C(O)C1O)C(O)CCCCCCCCCCCCCCCCCCCCCCCC. The summed E-state index contributed by atoms with van der Waals surface area (Å²) in [5.74, 6) is -6.09. The predicted molar refractivity (Wildman–Crippen MR) is 375 cm³/mol. The second kappa shape index (κ2) is 55.3. The second-order valence-corrected chi connectivity index (χ2v) is 28.9. The van der Waals surface area contributed by atoms with Gasteiger partial charge in [0.15, 0.2) is 12.6 Å². The topological polar surface area (TPSA) is 373 Å². The summed E-state index contributed by atoms with van der Waals surface area (Å²) < 4.78 is 35.0. The van der Waals surface area contributed by atoms with Crippen LogP contribution in [0.2, 0.25) is 0 Å². The normalized spacial score (nSPS) is 27.2. The molecule has 3 aliphatic rings. The van der Waals surface area contributed by atoms with E-state index < -0.39 is 148 Å². The molecule has 0 aromatic carbocycles. The van der Waals surface area contributed by atoms with Crippen molar-refractivity contribution >= 4 is 17.8 Å². The van der Waals surface area contributed by atoms with Crippen molar-refractivity contribution < 1.29 is 104 Å². The molecule has 0 aromatic rings. The van der Waals surface area contributed by atoms with E-state index in [4.69, 9.17) is 28.4 Å². The largest absolute Gasteiger partial charge is 0.477 e. The lowest BCUT2D eigenvalue weighted by Crippen LogP contribution is -2.70. The zero-order chi connectivity index (χ0) is 71.8. The number of carboxylic acids is 1. The highest BCUT2D eigenvalue weighted by molar-refractivity contribution is 5.77. The van der Waals surface area contributed by atoms with Gasteiger partial charge in [0, 0.05) is 19.8 Å². The van der Waals surface area contributed by atoms with Crippen molar-refractivity contribution in [3.8, 4) is 0 Å². The molecule has 0 radical (unpaired) electrons. The van der Waals surface area contributed by atoms with Crippen LogP contribution in [0, 0.1) is 0 Å². The third-order valence-electron chi connectivity index (χ3n) is 20.3. The molecule has 3 saturated heterocycles. The number of hydrogen-bond acceptors (Lipinski definition) is 20. The highest BCUT2D eigenvalue weighted by atomic mass is 16.8. The van der Waals surface area contributed by atoms with Gasteiger partial charge in [-0.25, -0.2) is 4.79 Å². The van der Waals surface area contributed by atoms with Crippen molar-refractivity contribution in [2.45, 2.75) is 432 Å². The Hall–Kier alpha value is -2.27. The fourth-order valence-electron chi connectivity index (χ4n) is 14.1. The Bertz CT molecular complexity index is 1970. The van der Waals surface area contributed by atoms with Crippen LogP contribution < -0.4 is 10.6 Å². The third-order valence-corrected chi connectivity index (χ3v) is 20.3. The van der Waals surface area contributed by atoms with E-state index in [-0.39, 0.29) is 18.9 Å². The second-order valence-electron chi connectivity index (χ2n) is 28.9. The fraction of sp³-hybridized carbons (Fsp3) is 0.960. The van der Waals surface area contributed by atoms with Crippen LogP contribution in [-0.2, 0) is 42.8 Å². The lowest BCUT2D eigenvalue weighted by Gasteiger charge is -2.50. The van der Waals surface area contributed by atoms with E-state index in [1.165, 1.54) is 225 Å². The van der Waals surface area contributed by atoms with E-state index in [9.17, 15) is 75.7 Å². The maximum absolute atomic E-state index is 13.5. The summed E-state index contributed by atoms with van der Waals surface area (Å²) >= 11 is 0. The van der Waals surface area contributed by atoms with Gasteiger partial charge in [0.2, 0.25) is 11.8 Å². The van der Waals surface area contributed by atoms with Crippen molar-refractivity contribution in [1.29, 1.82) is 0 Å². The average Bonchev–Trinajstić information content (AvgIpc) is 0.755. The van der Waals surface area contributed by atoms with Crippen LogP contribution in [0.3, 0.4) is 0 Å². The molecule has 98 heavy (non-hydrogen) atoms. The molecule has 3 rings (SSSR count). The Morgan fingerprint density at radius 3 is 1.28 bits per heavy atom. The third kappa shape index (κ3) is 36.0. The lowest BCUT2D eigenvalue weighted by molar-refractivity contribution is -0.386. The maximum Gasteiger partial charge on any atom is 0.364 e. The molecule has 14 N–H and O–H groups in total. The van der Waals surface area contributed by atoms with Crippen molar-refractivity contribution in [2.24, 2.45) is 0 Å². The summed E-state index contributed by atoms with van der Waals surface area (Å²) in [5.41, 5.74) is 0. The molecule has 18 unspecified atom stereocenters. The van der Waals surface area contributed by atoms with Gasteiger partial charge in [0.1, 0.15) is 67.1 Å². The first-order valence-corrected chi connectivity index (χ1v) is 39.4. The van der Waals surface area contributed by atoms with Crippen molar-refractivity contribution in [2.75, 3.05) is 26.4 Å². The van der Waals surface area contributed by atoms with E-state index in [2.05, 4.69) is 24.5 Å². The summed E-state index contributed by atoms with van der Waals surface area (Å²) in [4.78, 5) is 38.7. The van der Waals surface area contributed by atoms with Crippen LogP contribution in [0.4, 0.5) is 0 Å². The number of rotatable bonds is 62. The highest BCUT2D eigenvalue weighted by Crippen LogP contribution is 2.39. The summed E-state index contributed by atoms with van der Waals surface area (Å²) in [5, 5.41) is 136. The Labute approximate surface area is 589 Å². The first-order valence-electron chi connectivity index (χ1n) is 39.4. The van der Waals surface area contributed by atoms with E-state index in [1.807, 2.05) is 0 Å². The van der Waals surface area contributed by atoms with Crippen LogP contribution in [0.5, 0.6) is 0 Å². The molecule has 23 nitrogen and oxygen atoms in total. The van der Waals surface area contributed by atoms with Gasteiger partial charge in [-0.05, 0) is 12.8 Å². The average molecular weight is 1410 g/mol.